The minimum absolute atomic E-state index is 0.0638. The lowest BCUT2D eigenvalue weighted by Crippen LogP contribution is -2.42. The van der Waals surface area contributed by atoms with Crippen molar-refractivity contribution in [3.05, 3.63) is 33.9 Å². The van der Waals surface area contributed by atoms with E-state index < -0.39 is 14.9 Å². The molecule has 0 radical (unpaired) electrons. The van der Waals surface area contributed by atoms with Crippen molar-refractivity contribution in [1.82, 2.24) is 4.72 Å². The number of hydrogen-bond acceptors (Lipinski definition) is 4. The number of hydrogen-bond donors (Lipinski definition) is 1. The summed E-state index contributed by atoms with van der Waals surface area (Å²) < 4.78 is 27.5. The molecule has 1 fully saturated rings. The largest absolute Gasteiger partial charge is 0.270 e. The van der Waals surface area contributed by atoms with Crippen molar-refractivity contribution in [3.8, 4) is 0 Å². The summed E-state index contributed by atoms with van der Waals surface area (Å²) in [5.41, 5.74) is 0.224. The van der Waals surface area contributed by atoms with Crippen LogP contribution in [0.3, 0.4) is 0 Å². The zero-order valence-corrected chi connectivity index (χ0v) is 13.2. The van der Waals surface area contributed by atoms with Gasteiger partial charge in [0.15, 0.2) is 0 Å². The number of alkyl halides is 1. The van der Waals surface area contributed by atoms with Gasteiger partial charge in [-0.15, -0.1) is 11.6 Å². The average Bonchev–Trinajstić information content (AvgIpc) is 2.41. The van der Waals surface area contributed by atoms with Gasteiger partial charge in [-0.1, -0.05) is 18.9 Å². The maximum absolute atomic E-state index is 12.4. The van der Waals surface area contributed by atoms with Crippen LogP contribution in [0, 0.1) is 17.0 Å². The standard InChI is InChI=1S/C13H17ClN2O4S/c1-9-6-7-10(16(17)18)8-13(9)21(19,20)15-12-5-3-2-4-11(12)14/h6-8,11-12,15H,2-5H2,1H3. The van der Waals surface area contributed by atoms with Crippen LogP contribution in [0.4, 0.5) is 5.69 Å². The van der Waals surface area contributed by atoms with Crippen molar-refractivity contribution < 1.29 is 13.3 Å². The normalized spacial score (nSPS) is 23.0. The van der Waals surface area contributed by atoms with Crippen molar-refractivity contribution in [1.29, 1.82) is 0 Å². The van der Waals surface area contributed by atoms with Gasteiger partial charge < -0.3 is 0 Å². The smallest absolute Gasteiger partial charge is 0.258 e. The Kier molecular flexibility index (Phi) is 4.85. The summed E-state index contributed by atoms with van der Waals surface area (Å²) in [7, 11) is -3.82. The van der Waals surface area contributed by atoms with Crippen LogP contribution in [0.1, 0.15) is 31.2 Å². The molecule has 1 N–H and O–H groups in total. The lowest BCUT2D eigenvalue weighted by atomic mass is 9.96. The Morgan fingerprint density at radius 3 is 2.62 bits per heavy atom. The lowest BCUT2D eigenvalue weighted by molar-refractivity contribution is -0.385. The second kappa shape index (κ2) is 6.29. The van der Waals surface area contributed by atoms with Crippen LogP contribution in [0.5, 0.6) is 0 Å². The van der Waals surface area contributed by atoms with E-state index >= 15 is 0 Å². The summed E-state index contributed by atoms with van der Waals surface area (Å²) in [5.74, 6) is 0. The van der Waals surface area contributed by atoms with E-state index in [1.54, 1.807) is 6.92 Å². The fourth-order valence-corrected chi connectivity index (χ4v) is 4.47. The first-order chi connectivity index (χ1) is 9.81. The first-order valence-electron chi connectivity index (χ1n) is 6.73. The third-order valence-corrected chi connectivity index (χ3v) is 5.81. The molecule has 2 rings (SSSR count). The highest BCUT2D eigenvalue weighted by molar-refractivity contribution is 7.89. The van der Waals surface area contributed by atoms with Crippen molar-refractivity contribution >= 4 is 27.3 Å². The van der Waals surface area contributed by atoms with Gasteiger partial charge in [0.05, 0.1) is 9.82 Å². The monoisotopic (exact) mass is 332 g/mol. The molecule has 1 aromatic rings. The summed E-state index contributed by atoms with van der Waals surface area (Å²) in [6, 6.07) is 3.48. The van der Waals surface area contributed by atoms with Gasteiger partial charge in [0.1, 0.15) is 0 Å². The molecular formula is C13H17ClN2O4S. The summed E-state index contributed by atoms with van der Waals surface area (Å²) >= 11 is 6.16. The Hall–Kier alpha value is -1.18. The van der Waals surface area contributed by atoms with Crippen molar-refractivity contribution in [3.63, 3.8) is 0 Å². The fourth-order valence-electron chi connectivity index (χ4n) is 2.47. The molecule has 0 aliphatic heterocycles. The van der Waals surface area contributed by atoms with E-state index in [9.17, 15) is 18.5 Å². The maximum Gasteiger partial charge on any atom is 0.270 e. The first-order valence-corrected chi connectivity index (χ1v) is 8.64. The summed E-state index contributed by atoms with van der Waals surface area (Å²) in [6.07, 6.45) is 3.36. The minimum Gasteiger partial charge on any atom is -0.258 e. The first kappa shape index (κ1) is 16.2. The maximum atomic E-state index is 12.4. The summed E-state index contributed by atoms with van der Waals surface area (Å²) in [5, 5.41) is 10.6. The topological polar surface area (TPSA) is 89.3 Å². The fraction of sp³-hybridized carbons (Fsp3) is 0.538. The van der Waals surface area contributed by atoms with Gasteiger partial charge in [0.25, 0.3) is 5.69 Å². The van der Waals surface area contributed by atoms with Crippen LogP contribution in [-0.2, 0) is 10.0 Å². The van der Waals surface area contributed by atoms with E-state index in [4.69, 9.17) is 11.6 Å². The number of nitro groups is 1. The molecule has 0 spiro atoms. The molecule has 0 bridgehead atoms. The number of aryl methyl sites for hydroxylation is 1. The predicted molar refractivity (Wildman–Crippen MR) is 80.1 cm³/mol. The van der Waals surface area contributed by atoms with E-state index in [0.29, 0.717) is 12.0 Å². The zero-order chi connectivity index (χ0) is 15.6. The Bertz CT molecular complexity index is 648. The number of nitro benzene ring substituents is 1. The van der Waals surface area contributed by atoms with Gasteiger partial charge in [0, 0.05) is 23.6 Å². The van der Waals surface area contributed by atoms with Gasteiger partial charge in [0.2, 0.25) is 10.0 Å². The Morgan fingerprint density at radius 1 is 1.33 bits per heavy atom. The van der Waals surface area contributed by atoms with Crippen LogP contribution in [0.15, 0.2) is 23.1 Å². The van der Waals surface area contributed by atoms with Crippen LogP contribution in [-0.4, -0.2) is 24.8 Å². The third-order valence-electron chi connectivity index (χ3n) is 3.66. The molecule has 21 heavy (non-hydrogen) atoms. The zero-order valence-electron chi connectivity index (χ0n) is 11.6. The lowest BCUT2D eigenvalue weighted by Gasteiger charge is -2.27. The highest BCUT2D eigenvalue weighted by Gasteiger charge is 2.29. The molecule has 2 unspecified atom stereocenters. The Morgan fingerprint density at radius 2 is 2.00 bits per heavy atom. The second-order valence-electron chi connectivity index (χ2n) is 5.24. The molecule has 1 aliphatic rings. The van der Waals surface area contributed by atoms with Crippen molar-refractivity contribution in [2.24, 2.45) is 0 Å². The predicted octanol–water partition coefficient (Wildman–Crippen LogP) is 2.73. The molecule has 116 valence electrons. The molecule has 1 aromatic carbocycles. The molecular weight excluding hydrogens is 316 g/mol. The average molecular weight is 333 g/mol. The van der Waals surface area contributed by atoms with Crippen LogP contribution < -0.4 is 4.72 Å². The van der Waals surface area contributed by atoms with E-state index in [1.165, 1.54) is 12.1 Å². The molecule has 1 saturated carbocycles. The molecule has 6 nitrogen and oxygen atoms in total. The second-order valence-corrected chi connectivity index (χ2v) is 7.48. The number of nitrogens with one attached hydrogen (secondary N) is 1. The van der Waals surface area contributed by atoms with E-state index in [1.807, 2.05) is 0 Å². The van der Waals surface area contributed by atoms with Crippen molar-refractivity contribution in [2.45, 2.75) is 48.9 Å². The SMILES string of the molecule is Cc1ccc([N+](=O)[O-])cc1S(=O)(=O)NC1CCCCC1Cl. The molecule has 2 atom stereocenters. The van der Waals surface area contributed by atoms with E-state index in [-0.39, 0.29) is 22.0 Å². The Labute approximate surface area is 128 Å². The molecule has 8 heteroatoms. The minimum atomic E-state index is -3.82. The van der Waals surface area contributed by atoms with E-state index in [0.717, 1.165) is 25.3 Å². The summed E-state index contributed by atoms with van der Waals surface area (Å²) in [6.45, 7) is 1.61. The molecule has 1 aliphatic carbocycles. The molecule has 0 heterocycles. The highest BCUT2D eigenvalue weighted by Crippen LogP contribution is 2.26. The van der Waals surface area contributed by atoms with Crippen LogP contribution in [0.2, 0.25) is 0 Å². The Balaban J connectivity index is 2.30. The van der Waals surface area contributed by atoms with Crippen LogP contribution in [0.25, 0.3) is 0 Å². The molecule has 0 aromatic heterocycles. The number of benzene rings is 1. The van der Waals surface area contributed by atoms with Crippen LogP contribution >= 0.6 is 11.6 Å². The quantitative estimate of drug-likeness (QED) is 0.521. The van der Waals surface area contributed by atoms with Gasteiger partial charge in [-0.05, 0) is 25.3 Å². The van der Waals surface area contributed by atoms with Gasteiger partial charge in [-0.3, -0.25) is 10.1 Å². The third kappa shape index (κ3) is 3.72. The number of rotatable bonds is 4. The number of halogens is 1. The van der Waals surface area contributed by atoms with Crippen molar-refractivity contribution in [2.75, 3.05) is 0 Å². The number of nitrogens with zero attached hydrogens (tertiary/aromatic N) is 1. The highest BCUT2D eigenvalue weighted by atomic mass is 35.5. The van der Waals surface area contributed by atoms with Gasteiger partial charge >= 0.3 is 0 Å². The molecule has 0 saturated heterocycles. The summed E-state index contributed by atoms with van der Waals surface area (Å²) in [4.78, 5) is 10.1. The molecule has 0 amide bonds. The van der Waals surface area contributed by atoms with E-state index in [2.05, 4.69) is 4.72 Å². The van der Waals surface area contributed by atoms with Gasteiger partial charge in [-0.25, -0.2) is 13.1 Å². The number of sulfonamides is 1. The number of non-ortho nitro benzene ring substituents is 1. The van der Waals surface area contributed by atoms with Gasteiger partial charge in [-0.2, -0.15) is 0 Å².